The average molecular weight is 500 g/mol. The monoisotopic (exact) mass is 498 g/mol. The molecular weight excluding hydrogens is 479 g/mol. The third kappa shape index (κ3) is 6.42. The molecule has 0 saturated carbocycles. The second-order valence-electron chi connectivity index (χ2n) is 7.56. The molecule has 33 heavy (non-hydrogen) atoms. The van der Waals surface area contributed by atoms with Gasteiger partial charge in [-0.15, -0.1) is 0 Å². The number of hydrogen-bond donors (Lipinski definition) is 1. The molecule has 0 aliphatic carbocycles. The van der Waals surface area contributed by atoms with Gasteiger partial charge in [0.25, 0.3) is 5.91 Å². The van der Waals surface area contributed by atoms with E-state index in [1.807, 2.05) is 24.3 Å². The molecule has 1 N–H and O–H groups in total. The van der Waals surface area contributed by atoms with E-state index in [4.69, 9.17) is 34.8 Å². The highest BCUT2D eigenvalue weighted by Crippen LogP contribution is 2.29. The number of carbonyl (C=O) groups excluding carboxylic acids is 1. The summed E-state index contributed by atoms with van der Waals surface area (Å²) >= 11 is 18.0. The van der Waals surface area contributed by atoms with Gasteiger partial charge in [-0.25, -0.2) is 4.98 Å². The van der Waals surface area contributed by atoms with E-state index in [2.05, 4.69) is 38.4 Å². The Kier molecular flexibility index (Phi) is 7.78. The highest BCUT2D eigenvalue weighted by Gasteiger charge is 2.18. The summed E-state index contributed by atoms with van der Waals surface area (Å²) in [6, 6.07) is 12.6. The summed E-state index contributed by atoms with van der Waals surface area (Å²) in [6.07, 6.45) is 10.3. The summed E-state index contributed by atoms with van der Waals surface area (Å²) in [6.45, 7) is 2.51. The summed E-state index contributed by atoms with van der Waals surface area (Å²) in [7, 11) is 0. The maximum absolute atomic E-state index is 12.7. The third-order valence-corrected chi connectivity index (χ3v) is 5.90. The van der Waals surface area contributed by atoms with Gasteiger partial charge in [-0.2, -0.15) is 0 Å². The molecule has 4 rings (SSSR count). The Bertz CT molecular complexity index is 1210. The zero-order valence-electron chi connectivity index (χ0n) is 17.6. The van der Waals surface area contributed by atoms with Gasteiger partial charge in [0.05, 0.1) is 16.4 Å². The Morgan fingerprint density at radius 2 is 1.88 bits per heavy atom. The second kappa shape index (κ2) is 10.9. The van der Waals surface area contributed by atoms with Crippen molar-refractivity contribution in [1.82, 2.24) is 14.9 Å². The first-order chi connectivity index (χ1) is 16.0. The quantitative estimate of drug-likeness (QED) is 0.394. The van der Waals surface area contributed by atoms with Crippen LogP contribution in [0, 0.1) is 0 Å². The normalized spacial score (nSPS) is 14.3. The molecule has 0 fully saturated rings. The van der Waals surface area contributed by atoms with E-state index in [-0.39, 0.29) is 11.1 Å². The highest BCUT2D eigenvalue weighted by atomic mass is 35.5. The fraction of sp³-hybridized carbons (Fsp3) is 0.160. The number of anilines is 1. The molecule has 1 aliphatic rings. The number of amides is 1. The van der Waals surface area contributed by atoms with E-state index in [0.29, 0.717) is 16.3 Å². The lowest BCUT2D eigenvalue weighted by Crippen LogP contribution is -2.29. The number of halogens is 3. The van der Waals surface area contributed by atoms with Crippen LogP contribution in [0.15, 0.2) is 67.0 Å². The van der Waals surface area contributed by atoms with Gasteiger partial charge < -0.3 is 5.32 Å². The van der Waals surface area contributed by atoms with E-state index in [0.717, 1.165) is 47.9 Å². The maximum atomic E-state index is 12.7. The third-order valence-electron chi connectivity index (χ3n) is 5.23. The number of nitrogens with one attached hydrogen (secondary N) is 1. The molecule has 0 atom stereocenters. The Balaban J connectivity index is 1.43. The van der Waals surface area contributed by atoms with Gasteiger partial charge in [-0.3, -0.25) is 14.7 Å². The first-order valence-electron chi connectivity index (χ1n) is 10.4. The molecule has 0 bridgehead atoms. The predicted octanol–water partition coefficient (Wildman–Crippen LogP) is 6.49. The maximum Gasteiger partial charge on any atom is 0.255 e. The smallest absolute Gasteiger partial charge is 0.255 e. The van der Waals surface area contributed by atoms with E-state index in [9.17, 15) is 4.79 Å². The molecule has 0 spiro atoms. The van der Waals surface area contributed by atoms with Crippen molar-refractivity contribution in [2.75, 3.05) is 25.0 Å². The largest absolute Gasteiger partial charge is 0.320 e. The van der Waals surface area contributed by atoms with Crippen LogP contribution in [-0.4, -0.2) is 40.4 Å². The SMILES string of the molecule is O=C(Nc1cc(Cl)cnc1C1=CCN(CC=Cc2ccc(Cl)cc2)CC1)c1ccnc(Cl)c1. The second-order valence-corrected chi connectivity index (χ2v) is 8.82. The van der Waals surface area contributed by atoms with Crippen molar-refractivity contribution < 1.29 is 4.79 Å². The zero-order chi connectivity index (χ0) is 23.2. The number of aromatic nitrogens is 2. The van der Waals surface area contributed by atoms with E-state index < -0.39 is 0 Å². The van der Waals surface area contributed by atoms with Crippen molar-refractivity contribution in [3.8, 4) is 0 Å². The van der Waals surface area contributed by atoms with Gasteiger partial charge in [-0.05, 0) is 47.9 Å². The number of rotatable bonds is 6. The molecule has 1 aliphatic heterocycles. The van der Waals surface area contributed by atoms with Crippen molar-refractivity contribution in [3.63, 3.8) is 0 Å². The number of nitrogens with zero attached hydrogens (tertiary/aromatic N) is 3. The summed E-state index contributed by atoms with van der Waals surface area (Å²) in [5.74, 6) is -0.296. The number of hydrogen-bond acceptors (Lipinski definition) is 4. The average Bonchev–Trinajstić information content (AvgIpc) is 2.81. The van der Waals surface area contributed by atoms with Gasteiger partial charge in [0, 0.05) is 42.6 Å². The van der Waals surface area contributed by atoms with Gasteiger partial charge in [-0.1, -0.05) is 65.2 Å². The van der Waals surface area contributed by atoms with Crippen LogP contribution < -0.4 is 5.32 Å². The first-order valence-corrected chi connectivity index (χ1v) is 11.5. The molecule has 0 radical (unpaired) electrons. The van der Waals surface area contributed by atoms with Gasteiger partial charge in [0.2, 0.25) is 0 Å². The van der Waals surface area contributed by atoms with Crippen molar-refractivity contribution in [2.24, 2.45) is 0 Å². The fourth-order valence-corrected chi connectivity index (χ4v) is 3.99. The fourth-order valence-electron chi connectivity index (χ4n) is 3.53. The first kappa shape index (κ1) is 23.5. The molecule has 8 heteroatoms. The standard InChI is InChI=1S/C25H21Cl3N4O/c26-20-5-3-17(4-6-20)2-1-11-32-12-8-18(9-13-32)24-22(15-21(27)16-30-24)31-25(33)19-7-10-29-23(28)14-19/h1-8,10,14-16H,9,11-13H2,(H,31,33). The van der Waals surface area contributed by atoms with Crippen LogP contribution in [0.1, 0.15) is 28.0 Å². The van der Waals surface area contributed by atoms with Crippen LogP contribution in [0.3, 0.4) is 0 Å². The highest BCUT2D eigenvalue weighted by molar-refractivity contribution is 6.31. The summed E-state index contributed by atoms with van der Waals surface area (Å²) in [5.41, 5.74) is 3.91. The lowest BCUT2D eigenvalue weighted by atomic mass is 10.0. The van der Waals surface area contributed by atoms with Gasteiger partial charge in [0.1, 0.15) is 5.15 Å². The molecule has 2 aromatic heterocycles. The van der Waals surface area contributed by atoms with E-state index in [1.165, 1.54) is 12.3 Å². The van der Waals surface area contributed by atoms with Crippen molar-refractivity contribution in [1.29, 1.82) is 0 Å². The Morgan fingerprint density at radius 3 is 2.61 bits per heavy atom. The van der Waals surface area contributed by atoms with Crippen LogP contribution in [-0.2, 0) is 0 Å². The van der Waals surface area contributed by atoms with Crippen LogP contribution in [0.25, 0.3) is 11.6 Å². The molecular formula is C25H21Cl3N4O. The minimum atomic E-state index is -0.296. The van der Waals surface area contributed by atoms with E-state index >= 15 is 0 Å². The van der Waals surface area contributed by atoms with Crippen LogP contribution >= 0.6 is 34.8 Å². The molecule has 1 amide bonds. The van der Waals surface area contributed by atoms with Crippen LogP contribution in [0.5, 0.6) is 0 Å². The van der Waals surface area contributed by atoms with Gasteiger partial charge >= 0.3 is 0 Å². The van der Waals surface area contributed by atoms with Crippen molar-refractivity contribution in [3.05, 3.63) is 99.0 Å². The van der Waals surface area contributed by atoms with Crippen LogP contribution in [0.2, 0.25) is 15.2 Å². The number of pyridine rings is 2. The molecule has 0 saturated heterocycles. The lowest BCUT2D eigenvalue weighted by molar-refractivity contribution is 0.102. The van der Waals surface area contributed by atoms with Gasteiger partial charge in [0.15, 0.2) is 0 Å². The molecule has 0 unspecified atom stereocenters. The Labute approximate surface area is 207 Å². The zero-order valence-corrected chi connectivity index (χ0v) is 19.9. The molecule has 5 nitrogen and oxygen atoms in total. The number of carbonyl (C=O) groups is 1. The predicted molar refractivity (Wildman–Crippen MR) is 136 cm³/mol. The summed E-state index contributed by atoms with van der Waals surface area (Å²) in [4.78, 5) is 23.5. The minimum absolute atomic E-state index is 0.257. The number of benzene rings is 1. The molecule has 168 valence electrons. The molecule has 1 aromatic carbocycles. The topological polar surface area (TPSA) is 58.1 Å². The summed E-state index contributed by atoms with van der Waals surface area (Å²) in [5, 5.41) is 4.35. The van der Waals surface area contributed by atoms with E-state index in [1.54, 1.807) is 18.3 Å². The van der Waals surface area contributed by atoms with Crippen molar-refractivity contribution in [2.45, 2.75) is 6.42 Å². The lowest BCUT2D eigenvalue weighted by Gasteiger charge is -2.25. The minimum Gasteiger partial charge on any atom is -0.320 e. The Morgan fingerprint density at radius 1 is 1.06 bits per heavy atom. The Hall–Kier alpha value is -2.70. The van der Waals surface area contributed by atoms with Crippen molar-refractivity contribution >= 4 is 58.0 Å². The summed E-state index contributed by atoms with van der Waals surface area (Å²) < 4.78 is 0. The molecule has 3 aromatic rings. The van der Waals surface area contributed by atoms with Crippen LogP contribution in [0.4, 0.5) is 5.69 Å². The molecule has 3 heterocycles.